The van der Waals surface area contributed by atoms with E-state index in [2.05, 4.69) is 15.7 Å². The van der Waals surface area contributed by atoms with Crippen molar-refractivity contribution in [2.24, 2.45) is 0 Å². The van der Waals surface area contributed by atoms with E-state index in [0.717, 1.165) is 12.2 Å². The molecular weight excluding hydrogens is 224 g/mol. The van der Waals surface area contributed by atoms with Crippen molar-refractivity contribution in [3.05, 3.63) is 46.4 Å². The molecule has 2 aromatic heterocycles. The van der Waals surface area contributed by atoms with Crippen LogP contribution >= 0.6 is 11.3 Å². The van der Waals surface area contributed by atoms with Crippen molar-refractivity contribution in [1.82, 2.24) is 4.98 Å². The molecule has 0 spiro atoms. The molecule has 2 heterocycles. The maximum absolute atomic E-state index is 10.6. The van der Waals surface area contributed by atoms with Gasteiger partial charge in [-0.2, -0.15) is 11.3 Å². The third-order valence-corrected chi connectivity index (χ3v) is 2.79. The highest BCUT2D eigenvalue weighted by Gasteiger charge is 2.03. The summed E-state index contributed by atoms with van der Waals surface area (Å²) in [5.41, 5.74) is 2.07. The van der Waals surface area contributed by atoms with Crippen molar-refractivity contribution in [2.75, 3.05) is 5.32 Å². The van der Waals surface area contributed by atoms with Gasteiger partial charge in [0.1, 0.15) is 5.69 Å². The molecule has 0 aliphatic rings. The zero-order chi connectivity index (χ0) is 11.4. The number of nitrogens with zero attached hydrogens (tertiary/aromatic N) is 1. The van der Waals surface area contributed by atoms with Crippen LogP contribution in [-0.4, -0.2) is 16.1 Å². The van der Waals surface area contributed by atoms with Crippen LogP contribution < -0.4 is 5.32 Å². The van der Waals surface area contributed by atoms with Crippen LogP contribution in [0.4, 0.5) is 5.69 Å². The van der Waals surface area contributed by atoms with Gasteiger partial charge in [-0.3, -0.25) is 0 Å². The Bertz CT molecular complexity index is 465. The molecule has 0 fully saturated rings. The van der Waals surface area contributed by atoms with Crippen molar-refractivity contribution < 1.29 is 9.90 Å². The van der Waals surface area contributed by atoms with E-state index in [1.54, 1.807) is 17.4 Å². The lowest BCUT2D eigenvalue weighted by atomic mass is 10.3. The maximum atomic E-state index is 10.6. The quantitative estimate of drug-likeness (QED) is 0.853. The Hall–Kier alpha value is -1.88. The molecule has 82 valence electrons. The smallest absolute Gasteiger partial charge is 0.354 e. The van der Waals surface area contributed by atoms with E-state index in [1.165, 1.54) is 17.8 Å². The molecule has 0 aliphatic heterocycles. The first-order valence-electron chi connectivity index (χ1n) is 4.70. The Kier molecular flexibility index (Phi) is 3.16. The van der Waals surface area contributed by atoms with Crippen LogP contribution in [0.5, 0.6) is 0 Å². The molecule has 0 bridgehead atoms. The largest absolute Gasteiger partial charge is 0.477 e. The van der Waals surface area contributed by atoms with Crippen molar-refractivity contribution in [2.45, 2.75) is 6.54 Å². The monoisotopic (exact) mass is 234 g/mol. The normalized spacial score (nSPS) is 10.0. The Morgan fingerprint density at radius 1 is 1.44 bits per heavy atom. The van der Waals surface area contributed by atoms with Gasteiger partial charge in [-0.15, -0.1) is 0 Å². The first kappa shape index (κ1) is 10.6. The van der Waals surface area contributed by atoms with Crippen molar-refractivity contribution in [1.29, 1.82) is 0 Å². The minimum absolute atomic E-state index is 0.0566. The minimum atomic E-state index is -1.01. The molecule has 0 saturated carbocycles. The number of aromatic nitrogens is 1. The molecular formula is C11H10N2O2S. The molecule has 0 unspecified atom stereocenters. The second kappa shape index (κ2) is 4.76. The number of carboxylic acid groups (broad SMARTS) is 1. The summed E-state index contributed by atoms with van der Waals surface area (Å²) in [6.07, 6.45) is 1.52. The van der Waals surface area contributed by atoms with Gasteiger partial charge < -0.3 is 10.4 Å². The first-order valence-corrected chi connectivity index (χ1v) is 5.64. The van der Waals surface area contributed by atoms with E-state index >= 15 is 0 Å². The summed E-state index contributed by atoms with van der Waals surface area (Å²) in [5.74, 6) is -1.01. The highest BCUT2D eigenvalue weighted by Crippen LogP contribution is 2.10. The second-order valence-corrected chi connectivity index (χ2v) is 4.00. The molecule has 0 amide bonds. The van der Waals surface area contributed by atoms with E-state index in [-0.39, 0.29) is 5.69 Å². The molecule has 0 saturated heterocycles. The summed E-state index contributed by atoms with van der Waals surface area (Å²) in [6, 6.07) is 5.23. The third kappa shape index (κ3) is 2.58. The molecule has 2 N–H and O–H groups in total. The van der Waals surface area contributed by atoms with E-state index in [0.29, 0.717) is 0 Å². The highest BCUT2D eigenvalue weighted by atomic mass is 32.1. The van der Waals surface area contributed by atoms with Crippen LogP contribution in [0.1, 0.15) is 16.1 Å². The van der Waals surface area contributed by atoms with E-state index in [1.807, 2.05) is 11.4 Å². The van der Waals surface area contributed by atoms with Crippen LogP contribution in [-0.2, 0) is 6.54 Å². The molecule has 0 aromatic carbocycles. The molecule has 4 nitrogen and oxygen atoms in total. The van der Waals surface area contributed by atoms with Gasteiger partial charge in [0.25, 0.3) is 0 Å². The summed E-state index contributed by atoms with van der Waals surface area (Å²) in [5, 5.41) is 15.9. The standard InChI is InChI=1S/C11H10N2O2S/c14-11(15)10-2-1-9(6-13-10)12-5-8-3-4-16-7-8/h1-4,6-7,12H,5H2,(H,14,15). The fraction of sp³-hybridized carbons (Fsp3) is 0.0909. The first-order chi connectivity index (χ1) is 7.75. The Morgan fingerprint density at radius 3 is 2.88 bits per heavy atom. The molecule has 0 radical (unpaired) electrons. The third-order valence-electron chi connectivity index (χ3n) is 2.06. The zero-order valence-corrected chi connectivity index (χ0v) is 9.20. The number of carboxylic acids is 1. The van der Waals surface area contributed by atoms with Crippen molar-refractivity contribution in [3.8, 4) is 0 Å². The van der Waals surface area contributed by atoms with Gasteiger partial charge in [0.05, 0.1) is 11.9 Å². The molecule has 2 rings (SSSR count). The van der Waals surface area contributed by atoms with E-state index in [4.69, 9.17) is 5.11 Å². The Balaban J connectivity index is 1.98. The fourth-order valence-corrected chi connectivity index (χ4v) is 1.89. The number of hydrogen-bond donors (Lipinski definition) is 2. The van der Waals surface area contributed by atoms with Crippen LogP contribution in [0, 0.1) is 0 Å². The molecule has 0 aliphatic carbocycles. The topological polar surface area (TPSA) is 62.2 Å². The average molecular weight is 234 g/mol. The highest BCUT2D eigenvalue weighted by molar-refractivity contribution is 7.07. The van der Waals surface area contributed by atoms with Crippen molar-refractivity contribution >= 4 is 23.0 Å². The minimum Gasteiger partial charge on any atom is -0.477 e. The van der Waals surface area contributed by atoms with E-state index < -0.39 is 5.97 Å². The lowest BCUT2D eigenvalue weighted by molar-refractivity contribution is 0.0690. The predicted molar refractivity (Wildman–Crippen MR) is 62.8 cm³/mol. The summed E-state index contributed by atoms with van der Waals surface area (Å²) in [4.78, 5) is 14.4. The number of pyridine rings is 1. The number of carbonyl (C=O) groups is 1. The van der Waals surface area contributed by atoms with Gasteiger partial charge >= 0.3 is 5.97 Å². The maximum Gasteiger partial charge on any atom is 0.354 e. The summed E-state index contributed by atoms with van der Waals surface area (Å²) in [7, 11) is 0. The molecule has 16 heavy (non-hydrogen) atoms. The van der Waals surface area contributed by atoms with Gasteiger partial charge in [-0.25, -0.2) is 9.78 Å². The van der Waals surface area contributed by atoms with Gasteiger partial charge in [-0.05, 0) is 34.5 Å². The Morgan fingerprint density at radius 2 is 2.31 bits per heavy atom. The zero-order valence-electron chi connectivity index (χ0n) is 8.38. The van der Waals surface area contributed by atoms with Crippen LogP contribution in [0.15, 0.2) is 35.2 Å². The fourth-order valence-electron chi connectivity index (χ4n) is 1.22. The van der Waals surface area contributed by atoms with Gasteiger partial charge in [0, 0.05) is 6.54 Å². The average Bonchev–Trinajstić information content (AvgIpc) is 2.80. The second-order valence-electron chi connectivity index (χ2n) is 3.22. The van der Waals surface area contributed by atoms with Gasteiger partial charge in [-0.1, -0.05) is 0 Å². The van der Waals surface area contributed by atoms with Gasteiger partial charge in [0.2, 0.25) is 0 Å². The van der Waals surface area contributed by atoms with Gasteiger partial charge in [0.15, 0.2) is 0 Å². The lowest BCUT2D eigenvalue weighted by Gasteiger charge is -2.04. The van der Waals surface area contributed by atoms with Crippen LogP contribution in [0.2, 0.25) is 0 Å². The summed E-state index contributed by atoms with van der Waals surface area (Å²) < 4.78 is 0. The molecule has 2 aromatic rings. The number of nitrogens with one attached hydrogen (secondary N) is 1. The molecule has 0 atom stereocenters. The number of hydrogen-bond acceptors (Lipinski definition) is 4. The van der Waals surface area contributed by atoms with E-state index in [9.17, 15) is 4.79 Å². The van der Waals surface area contributed by atoms with Crippen molar-refractivity contribution in [3.63, 3.8) is 0 Å². The number of rotatable bonds is 4. The summed E-state index contributed by atoms with van der Waals surface area (Å²) in [6.45, 7) is 0.720. The SMILES string of the molecule is O=C(O)c1ccc(NCc2ccsc2)cn1. The number of anilines is 1. The lowest BCUT2D eigenvalue weighted by Crippen LogP contribution is -2.02. The summed E-state index contributed by atoms with van der Waals surface area (Å²) >= 11 is 1.65. The van der Waals surface area contributed by atoms with Crippen LogP contribution in [0.3, 0.4) is 0 Å². The predicted octanol–water partition coefficient (Wildman–Crippen LogP) is 2.45. The molecule has 5 heteroatoms. The number of thiophene rings is 1. The van der Waals surface area contributed by atoms with Crippen LogP contribution in [0.25, 0.3) is 0 Å². The Labute approximate surface area is 96.6 Å². The number of aromatic carboxylic acids is 1.